The van der Waals surface area contributed by atoms with Gasteiger partial charge in [0.25, 0.3) is 0 Å². The quantitative estimate of drug-likeness (QED) is 0.749. The molecule has 3 nitrogen and oxygen atoms in total. The average Bonchev–Trinajstić information content (AvgIpc) is 2.64. The molecule has 0 radical (unpaired) electrons. The van der Waals surface area contributed by atoms with Gasteiger partial charge < -0.3 is 4.57 Å². The van der Waals surface area contributed by atoms with Gasteiger partial charge in [-0.2, -0.15) is 0 Å². The summed E-state index contributed by atoms with van der Waals surface area (Å²) in [7, 11) is 1.94. The summed E-state index contributed by atoms with van der Waals surface area (Å²) < 4.78 is 1.91. The second-order valence-corrected chi connectivity index (χ2v) is 4.30. The first-order valence-electron chi connectivity index (χ1n) is 3.81. The Labute approximate surface area is 80.5 Å². The highest BCUT2D eigenvalue weighted by Crippen LogP contribution is 2.29. The highest BCUT2D eigenvalue weighted by atomic mass is 35.5. The minimum Gasteiger partial charge on any atom is -0.320 e. The van der Waals surface area contributed by atoms with Crippen LogP contribution in [0.15, 0.2) is 6.20 Å². The normalized spacial score (nSPS) is 23.3. The third kappa shape index (κ3) is 1.34. The monoisotopic (exact) mass is 203 g/mol. The number of nitrogens with zero attached hydrogens (tertiary/aromatic N) is 2. The highest BCUT2D eigenvalue weighted by molar-refractivity contribution is 7.99. The van der Waals surface area contributed by atoms with Crippen molar-refractivity contribution in [1.82, 2.24) is 14.9 Å². The number of halogens is 1. The van der Waals surface area contributed by atoms with Crippen LogP contribution in [0.4, 0.5) is 0 Å². The maximum Gasteiger partial charge on any atom is 0.137 e. The van der Waals surface area contributed by atoms with Crippen molar-refractivity contribution in [1.29, 1.82) is 0 Å². The number of nitrogens with one attached hydrogen (secondary N) is 1. The van der Waals surface area contributed by atoms with Gasteiger partial charge in [-0.05, 0) is 0 Å². The van der Waals surface area contributed by atoms with Crippen LogP contribution < -0.4 is 5.32 Å². The van der Waals surface area contributed by atoms with Gasteiger partial charge in [0.15, 0.2) is 0 Å². The van der Waals surface area contributed by atoms with E-state index < -0.39 is 0 Å². The van der Waals surface area contributed by atoms with Crippen molar-refractivity contribution in [3.8, 4) is 0 Å². The van der Waals surface area contributed by atoms with E-state index in [9.17, 15) is 0 Å². The third-order valence-corrected chi connectivity index (χ3v) is 3.42. The molecule has 1 N–H and O–H groups in total. The van der Waals surface area contributed by atoms with Crippen LogP contribution in [0.3, 0.4) is 0 Å². The first kappa shape index (κ1) is 8.41. The minimum absolute atomic E-state index is 0.322. The molecule has 12 heavy (non-hydrogen) atoms. The van der Waals surface area contributed by atoms with Crippen molar-refractivity contribution in [3.63, 3.8) is 0 Å². The van der Waals surface area contributed by atoms with Gasteiger partial charge in [0.05, 0.1) is 6.20 Å². The number of imidazole rings is 1. The summed E-state index contributed by atoms with van der Waals surface area (Å²) in [5.74, 6) is 2.16. The van der Waals surface area contributed by atoms with E-state index in [1.54, 1.807) is 6.20 Å². The standard InChI is InChI=1S/C7H10ClN3S/c1-11-5(8)4-10-6(11)7-9-2-3-12-7/h4,7,9H,2-3H2,1H3. The number of hydrogen-bond donors (Lipinski definition) is 1. The molecule has 1 aliphatic rings. The lowest BCUT2D eigenvalue weighted by Crippen LogP contribution is -2.15. The fraction of sp³-hybridized carbons (Fsp3) is 0.571. The molecule has 0 aromatic carbocycles. The molecular weight excluding hydrogens is 194 g/mol. The second kappa shape index (κ2) is 3.28. The Morgan fingerprint density at radius 1 is 1.83 bits per heavy atom. The smallest absolute Gasteiger partial charge is 0.137 e. The molecule has 1 aromatic rings. The van der Waals surface area contributed by atoms with Crippen molar-refractivity contribution in [2.24, 2.45) is 7.05 Å². The summed E-state index contributed by atoms with van der Waals surface area (Å²) in [6.45, 7) is 1.06. The Morgan fingerprint density at radius 2 is 2.67 bits per heavy atom. The fourth-order valence-corrected chi connectivity index (χ4v) is 2.45. The van der Waals surface area contributed by atoms with Crippen LogP contribution in [0, 0.1) is 0 Å². The maximum atomic E-state index is 5.87. The summed E-state index contributed by atoms with van der Waals surface area (Å²) >= 11 is 7.74. The van der Waals surface area contributed by atoms with Crippen molar-refractivity contribution in [2.75, 3.05) is 12.3 Å². The van der Waals surface area contributed by atoms with E-state index in [4.69, 9.17) is 11.6 Å². The SMILES string of the molecule is Cn1c(Cl)cnc1C1NCCS1. The summed E-state index contributed by atoms with van der Waals surface area (Å²) in [5, 5.41) is 4.36. The lowest BCUT2D eigenvalue weighted by Gasteiger charge is -2.08. The zero-order valence-electron chi connectivity index (χ0n) is 6.75. The second-order valence-electron chi connectivity index (χ2n) is 2.70. The van der Waals surface area contributed by atoms with Crippen LogP contribution in [0.5, 0.6) is 0 Å². The molecule has 1 atom stereocenters. The van der Waals surface area contributed by atoms with Crippen LogP contribution in [0.1, 0.15) is 11.2 Å². The van der Waals surface area contributed by atoms with Crippen LogP contribution in [0.2, 0.25) is 5.15 Å². The predicted octanol–water partition coefficient (Wildman–Crippen LogP) is 1.41. The molecule has 0 spiro atoms. The number of aromatic nitrogens is 2. The van der Waals surface area contributed by atoms with E-state index in [2.05, 4.69) is 10.3 Å². The number of hydrogen-bond acceptors (Lipinski definition) is 3. The van der Waals surface area contributed by atoms with Crippen LogP contribution >= 0.6 is 23.4 Å². The van der Waals surface area contributed by atoms with Gasteiger partial charge in [-0.15, -0.1) is 11.8 Å². The van der Waals surface area contributed by atoms with Crippen molar-refractivity contribution < 1.29 is 0 Å². The molecule has 2 heterocycles. The molecule has 5 heteroatoms. The fourth-order valence-electron chi connectivity index (χ4n) is 1.24. The lowest BCUT2D eigenvalue weighted by molar-refractivity contribution is 0.675. The Hall–Kier alpha value is -0.190. The molecule has 0 amide bonds. The minimum atomic E-state index is 0.322. The molecule has 66 valence electrons. The Morgan fingerprint density at radius 3 is 3.17 bits per heavy atom. The van der Waals surface area contributed by atoms with Gasteiger partial charge in [-0.25, -0.2) is 4.98 Å². The van der Waals surface area contributed by atoms with E-state index in [0.29, 0.717) is 10.5 Å². The molecule has 1 unspecified atom stereocenters. The van der Waals surface area contributed by atoms with Crippen molar-refractivity contribution >= 4 is 23.4 Å². The molecule has 0 saturated carbocycles. The van der Waals surface area contributed by atoms with Gasteiger partial charge >= 0.3 is 0 Å². The topological polar surface area (TPSA) is 29.9 Å². The van der Waals surface area contributed by atoms with Crippen molar-refractivity contribution in [3.05, 3.63) is 17.2 Å². The van der Waals surface area contributed by atoms with Gasteiger partial charge in [-0.1, -0.05) is 11.6 Å². The molecule has 2 rings (SSSR count). The highest BCUT2D eigenvalue weighted by Gasteiger charge is 2.21. The molecule has 0 bridgehead atoms. The van der Waals surface area contributed by atoms with E-state index >= 15 is 0 Å². The third-order valence-electron chi connectivity index (χ3n) is 1.92. The van der Waals surface area contributed by atoms with Crippen molar-refractivity contribution in [2.45, 2.75) is 5.37 Å². The molecule has 1 fully saturated rings. The first-order chi connectivity index (χ1) is 5.79. The zero-order chi connectivity index (χ0) is 8.55. The summed E-state index contributed by atoms with van der Waals surface area (Å²) in [4.78, 5) is 4.24. The largest absolute Gasteiger partial charge is 0.320 e. The summed E-state index contributed by atoms with van der Waals surface area (Å²) in [6, 6.07) is 0. The van der Waals surface area contributed by atoms with Gasteiger partial charge in [0, 0.05) is 19.3 Å². The average molecular weight is 204 g/mol. The van der Waals surface area contributed by atoms with Gasteiger partial charge in [0.2, 0.25) is 0 Å². The number of rotatable bonds is 1. The Bertz CT molecular complexity index is 280. The van der Waals surface area contributed by atoms with Crippen LogP contribution in [-0.2, 0) is 7.05 Å². The summed E-state index contributed by atoms with van der Waals surface area (Å²) in [5.41, 5.74) is 0. The molecular formula is C7H10ClN3S. The molecule has 1 saturated heterocycles. The zero-order valence-corrected chi connectivity index (χ0v) is 8.32. The Kier molecular flexibility index (Phi) is 2.30. The van der Waals surface area contributed by atoms with E-state index in [0.717, 1.165) is 18.1 Å². The van der Waals surface area contributed by atoms with E-state index in [1.807, 2.05) is 23.4 Å². The molecule has 1 aromatic heterocycles. The van der Waals surface area contributed by atoms with Gasteiger partial charge in [0.1, 0.15) is 16.4 Å². The van der Waals surface area contributed by atoms with Crippen LogP contribution in [0.25, 0.3) is 0 Å². The van der Waals surface area contributed by atoms with Gasteiger partial charge in [-0.3, -0.25) is 5.32 Å². The Balaban J connectivity index is 2.26. The predicted molar refractivity (Wildman–Crippen MR) is 51.4 cm³/mol. The molecule has 0 aliphatic carbocycles. The summed E-state index contributed by atoms with van der Waals surface area (Å²) in [6.07, 6.45) is 1.69. The van der Waals surface area contributed by atoms with E-state index in [1.165, 1.54) is 0 Å². The van der Waals surface area contributed by atoms with E-state index in [-0.39, 0.29) is 0 Å². The number of thioether (sulfide) groups is 1. The lowest BCUT2D eigenvalue weighted by atomic mass is 10.5. The molecule has 1 aliphatic heterocycles. The van der Waals surface area contributed by atoms with Crippen LogP contribution in [-0.4, -0.2) is 21.8 Å². The maximum absolute atomic E-state index is 5.87. The first-order valence-corrected chi connectivity index (χ1v) is 5.24.